The molecule has 0 heterocycles. The Morgan fingerprint density at radius 3 is 2.39 bits per heavy atom. The quantitative estimate of drug-likeness (QED) is 0.882. The molecule has 0 amide bonds. The Morgan fingerprint density at radius 1 is 1.33 bits per heavy atom. The fraction of sp³-hybridized carbons (Fsp3) is 0.417. The molecule has 0 fully saturated rings. The van der Waals surface area contributed by atoms with Crippen LogP contribution in [0.25, 0.3) is 0 Å². The summed E-state index contributed by atoms with van der Waals surface area (Å²) in [6.45, 7) is -0.135. The first-order valence-corrected chi connectivity index (χ1v) is 5.27. The Labute approximate surface area is 103 Å². The SMILES string of the molecule is COc1ccc(CNCC(C#N)C(F)(F)F)cc1. The summed E-state index contributed by atoms with van der Waals surface area (Å²) in [4.78, 5) is 0. The van der Waals surface area contributed by atoms with Crippen molar-refractivity contribution in [2.24, 2.45) is 5.92 Å². The zero-order valence-corrected chi connectivity index (χ0v) is 9.79. The molecule has 0 aliphatic carbocycles. The normalized spacial score (nSPS) is 12.8. The van der Waals surface area contributed by atoms with Crippen LogP contribution in [-0.2, 0) is 6.54 Å². The fourth-order valence-electron chi connectivity index (χ4n) is 1.34. The summed E-state index contributed by atoms with van der Waals surface area (Å²) in [6, 6.07) is 8.19. The van der Waals surface area contributed by atoms with Crippen molar-refractivity contribution >= 4 is 0 Å². The molecule has 98 valence electrons. The van der Waals surface area contributed by atoms with Crippen LogP contribution in [0.2, 0.25) is 0 Å². The van der Waals surface area contributed by atoms with Crippen LogP contribution in [0, 0.1) is 17.2 Å². The number of nitrogens with one attached hydrogen (secondary N) is 1. The number of alkyl halides is 3. The van der Waals surface area contributed by atoms with Crippen molar-refractivity contribution in [1.82, 2.24) is 5.32 Å². The van der Waals surface area contributed by atoms with Gasteiger partial charge in [0.05, 0.1) is 13.2 Å². The molecule has 0 aliphatic rings. The number of nitrogens with zero attached hydrogens (tertiary/aromatic N) is 1. The summed E-state index contributed by atoms with van der Waals surface area (Å²) in [5, 5.41) is 11.0. The highest BCUT2D eigenvalue weighted by atomic mass is 19.4. The fourth-order valence-corrected chi connectivity index (χ4v) is 1.34. The molecular weight excluding hydrogens is 245 g/mol. The summed E-state index contributed by atoms with van der Waals surface area (Å²) >= 11 is 0. The van der Waals surface area contributed by atoms with Crippen molar-refractivity contribution in [3.63, 3.8) is 0 Å². The second-order valence-electron chi connectivity index (χ2n) is 3.70. The highest BCUT2D eigenvalue weighted by molar-refractivity contribution is 5.26. The molecule has 0 saturated heterocycles. The van der Waals surface area contributed by atoms with Crippen molar-refractivity contribution in [3.8, 4) is 11.8 Å². The monoisotopic (exact) mass is 258 g/mol. The molecule has 0 saturated carbocycles. The molecule has 1 aromatic carbocycles. The van der Waals surface area contributed by atoms with E-state index in [0.717, 1.165) is 5.56 Å². The smallest absolute Gasteiger partial charge is 0.405 e. The number of nitriles is 1. The maximum absolute atomic E-state index is 12.3. The predicted octanol–water partition coefficient (Wildman–Crippen LogP) is 2.49. The van der Waals surface area contributed by atoms with E-state index in [2.05, 4.69) is 5.32 Å². The van der Waals surface area contributed by atoms with Gasteiger partial charge >= 0.3 is 6.18 Å². The van der Waals surface area contributed by atoms with Crippen molar-refractivity contribution < 1.29 is 17.9 Å². The first-order chi connectivity index (χ1) is 8.47. The number of hydrogen-bond donors (Lipinski definition) is 1. The number of methoxy groups -OCH3 is 1. The van der Waals surface area contributed by atoms with E-state index in [-0.39, 0.29) is 6.54 Å². The van der Waals surface area contributed by atoms with Gasteiger partial charge in [0.1, 0.15) is 5.75 Å². The molecule has 1 atom stereocenters. The summed E-state index contributed by atoms with van der Waals surface area (Å²) in [5.41, 5.74) is 0.828. The van der Waals surface area contributed by atoms with Gasteiger partial charge in [0, 0.05) is 13.1 Å². The minimum Gasteiger partial charge on any atom is -0.497 e. The molecule has 0 radical (unpaired) electrons. The van der Waals surface area contributed by atoms with Gasteiger partial charge in [-0.2, -0.15) is 18.4 Å². The van der Waals surface area contributed by atoms with Crippen molar-refractivity contribution in [3.05, 3.63) is 29.8 Å². The van der Waals surface area contributed by atoms with Gasteiger partial charge in [-0.15, -0.1) is 0 Å². The van der Waals surface area contributed by atoms with E-state index >= 15 is 0 Å². The van der Waals surface area contributed by atoms with E-state index in [0.29, 0.717) is 5.75 Å². The molecule has 1 N–H and O–H groups in total. The highest BCUT2D eigenvalue weighted by Crippen LogP contribution is 2.24. The van der Waals surface area contributed by atoms with Gasteiger partial charge in [-0.1, -0.05) is 12.1 Å². The average molecular weight is 258 g/mol. The second-order valence-corrected chi connectivity index (χ2v) is 3.70. The van der Waals surface area contributed by atoms with Gasteiger partial charge in [-0.05, 0) is 17.7 Å². The maximum atomic E-state index is 12.3. The molecule has 0 bridgehead atoms. The van der Waals surface area contributed by atoms with Crippen LogP contribution in [0.15, 0.2) is 24.3 Å². The molecule has 1 aromatic rings. The van der Waals surface area contributed by atoms with Crippen molar-refractivity contribution in [2.45, 2.75) is 12.7 Å². The van der Waals surface area contributed by atoms with Gasteiger partial charge in [-0.25, -0.2) is 0 Å². The van der Waals surface area contributed by atoms with Gasteiger partial charge < -0.3 is 10.1 Å². The molecule has 6 heteroatoms. The van der Waals surface area contributed by atoms with E-state index < -0.39 is 18.6 Å². The van der Waals surface area contributed by atoms with Crippen LogP contribution in [0.4, 0.5) is 13.2 Å². The Bertz CT molecular complexity index is 409. The summed E-state index contributed by atoms with van der Waals surface area (Å²) in [7, 11) is 1.54. The topological polar surface area (TPSA) is 45.0 Å². The minimum atomic E-state index is -4.48. The van der Waals surface area contributed by atoms with Crippen molar-refractivity contribution in [1.29, 1.82) is 5.26 Å². The van der Waals surface area contributed by atoms with Crippen LogP contribution < -0.4 is 10.1 Å². The highest BCUT2D eigenvalue weighted by Gasteiger charge is 2.39. The molecule has 18 heavy (non-hydrogen) atoms. The number of hydrogen-bond acceptors (Lipinski definition) is 3. The van der Waals surface area contributed by atoms with E-state index in [1.54, 1.807) is 24.3 Å². The number of rotatable bonds is 5. The van der Waals surface area contributed by atoms with Crippen LogP contribution in [0.5, 0.6) is 5.75 Å². The molecule has 3 nitrogen and oxygen atoms in total. The van der Waals surface area contributed by atoms with E-state index in [4.69, 9.17) is 10.00 Å². The molecule has 1 unspecified atom stereocenters. The Hall–Kier alpha value is -1.74. The minimum absolute atomic E-state index is 0.276. The lowest BCUT2D eigenvalue weighted by Crippen LogP contribution is -2.32. The molecule has 0 aliphatic heterocycles. The van der Waals surface area contributed by atoms with Crippen molar-refractivity contribution in [2.75, 3.05) is 13.7 Å². The zero-order valence-electron chi connectivity index (χ0n) is 9.79. The van der Waals surface area contributed by atoms with Gasteiger partial charge in [0.2, 0.25) is 0 Å². The number of halogens is 3. The molecule has 0 spiro atoms. The molecule has 0 aromatic heterocycles. The maximum Gasteiger partial charge on any atom is 0.405 e. The third kappa shape index (κ3) is 4.26. The zero-order chi connectivity index (χ0) is 13.6. The van der Waals surface area contributed by atoms with Crippen LogP contribution in [0.1, 0.15) is 5.56 Å². The Morgan fingerprint density at radius 2 is 1.94 bits per heavy atom. The number of ether oxygens (including phenoxy) is 1. The van der Waals surface area contributed by atoms with Crippen LogP contribution in [0.3, 0.4) is 0 Å². The molecular formula is C12H13F3N2O. The van der Waals surface area contributed by atoms with E-state index in [1.165, 1.54) is 13.2 Å². The van der Waals surface area contributed by atoms with Gasteiger partial charge in [0.15, 0.2) is 5.92 Å². The van der Waals surface area contributed by atoms with Crippen LogP contribution >= 0.6 is 0 Å². The average Bonchev–Trinajstić information content (AvgIpc) is 2.34. The van der Waals surface area contributed by atoms with E-state index in [1.807, 2.05) is 0 Å². The number of benzene rings is 1. The standard InChI is InChI=1S/C12H13F3N2O/c1-18-11-4-2-9(3-5-11)7-17-8-10(6-16)12(13,14)15/h2-5,10,17H,7-8H2,1H3. The Kier molecular flexibility index (Phi) is 4.98. The Balaban J connectivity index is 2.44. The molecule has 1 rings (SSSR count). The third-order valence-electron chi connectivity index (χ3n) is 2.39. The first kappa shape index (κ1) is 14.3. The lowest BCUT2D eigenvalue weighted by molar-refractivity contribution is -0.157. The summed E-state index contributed by atoms with van der Waals surface area (Å²) in [5.74, 6) is -1.29. The van der Waals surface area contributed by atoms with Gasteiger partial charge in [-0.3, -0.25) is 0 Å². The van der Waals surface area contributed by atoms with Gasteiger partial charge in [0.25, 0.3) is 0 Å². The predicted molar refractivity (Wildman–Crippen MR) is 59.9 cm³/mol. The second kappa shape index (κ2) is 6.26. The summed E-state index contributed by atoms with van der Waals surface area (Å²) in [6.07, 6.45) is -4.48. The third-order valence-corrected chi connectivity index (χ3v) is 2.39. The lowest BCUT2D eigenvalue weighted by atomic mass is 10.1. The summed E-state index contributed by atoms with van der Waals surface area (Å²) < 4.78 is 41.8. The first-order valence-electron chi connectivity index (χ1n) is 5.27. The van der Waals surface area contributed by atoms with E-state index in [9.17, 15) is 13.2 Å². The largest absolute Gasteiger partial charge is 0.497 e. The van der Waals surface area contributed by atoms with Crippen LogP contribution in [-0.4, -0.2) is 19.8 Å². The lowest BCUT2D eigenvalue weighted by Gasteiger charge is -2.13.